The summed E-state index contributed by atoms with van der Waals surface area (Å²) in [6, 6.07) is 5.07. The van der Waals surface area contributed by atoms with E-state index in [1.54, 1.807) is 25.1 Å². The van der Waals surface area contributed by atoms with Gasteiger partial charge in [-0.05, 0) is 31.4 Å². The maximum atomic E-state index is 12.1. The summed E-state index contributed by atoms with van der Waals surface area (Å²) in [4.78, 5) is 11.2. The molecule has 17 heavy (non-hydrogen) atoms. The second-order valence-electron chi connectivity index (χ2n) is 4.46. The Morgan fingerprint density at radius 1 is 1.47 bits per heavy atom. The van der Waals surface area contributed by atoms with Gasteiger partial charge >= 0.3 is 5.97 Å². The number of sulfone groups is 1. The number of carboxylic acids is 1. The van der Waals surface area contributed by atoms with Crippen molar-refractivity contribution in [1.82, 2.24) is 0 Å². The number of carbonyl (C=O) groups is 1. The highest BCUT2D eigenvalue weighted by Gasteiger charge is 2.37. The summed E-state index contributed by atoms with van der Waals surface area (Å²) in [7, 11) is -3.36. The number of hydrogen-bond donors (Lipinski definition) is 1. The monoisotopic (exact) mass is 254 g/mol. The Morgan fingerprint density at radius 3 is 2.71 bits per heavy atom. The lowest BCUT2D eigenvalue weighted by molar-refractivity contribution is -0.138. The van der Waals surface area contributed by atoms with E-state index < -0.39 is 27.0 Å². The van der Waals surface area contributed by atoms with Crippen molar-refractivity contribution in [3.8, 4) is 0 Å². The van der Waals surface area contributed by atoms with Gasteiger partial charge in [0.05, 0.1) is 16.1 Å². The molecular weight excluding hydrogens is 240 g/mol. The van der Waals surface area contributed by atoms with E-state index in [0.29, 0.717) is 12.0 Å². The van der Waals surface area contributed by atoms with Gasteiger partial charge in [-0.15, -0.1) is 0 Å². The largest absolute Gasteiger partial charge is 0.481 e. The molecule has 0 radical (unpaired) electrons. The number of rotatable bonds is 2. The summed E-state index contributed by atoms with van der Waals surface area (Å²) >= 11 is 0. The molecule has 2 atom stereocenters. The van der Waals surface area contributed by atoms with E-state index in [1.165, 1.54) is 6.92 Å². The van der Waals surface area contributed by atoms with Gasteiger partial charge in [0.15, 0.2) is 9.84 Å². The van der Waals surface area contributed by atoms with Crippen LogP contribution >= 0.6 is 0 Å². The van der Waals surface area contributed by atoms with Gasteiger partial charge in [0.1, 0.15) is 0 Å². The van der Waals surface area contributed by atoms with Crippen molar-refractivity contribution in [3.63, 3.8) is 0 Å². The molecule has 1 aromatic carbocycles. The normalized spacial score (nSPS) is 23.1. The third-order valence-electron chi connectivity index (χ3n) is 3.29. The third-order valence-corrected chi connectivity index (χ3v) is 5.58. The maximum absolute atomic E-state index is 12.1. The molecule has 0 saturated carbocycles. The Hall–Kier alpha value is -1.36. The quantitative estimate of drug-likeness (QED) is 0.870. The van der Waals surface area contributed by atoms with Crippen LogP contribution in [-0.2, 0) is 21.1 Å². The molecule has 1 N–H and O–H groups in total. The van der Waals surface area contributed by atoms with Crippen molar-refractivity contribution in [2.24, 2.45) is 0 Å². The van der Waals surface area contributed by atoms with Gasteiger partial charge in [-0.2, -0.15) is 0 Å². The minimum atomic E-state index is -3.36. The molecule has 1 aliphatic heterocycles. The molecule has 4 nitrogen and oxygen atoms in total. The highest BCUT2D eigenvalue weighted by atomic mass is 32.2. The predicted octanol–water partition coefficient (Wildman–Crippen LogP) is 1.59. The zero-order valence-electron chi connectivity index (χ0n) is 9.67. The van der Waals surface area contributed by atoms with Gasteiger partial charge in [-0.25, -0.2) is 8.42 Å². The van der Waals surface area contributed by atoms with E-state index in [9.17, 15) is 13.2 Å². The van der Waals surface area contributed by atoms with Crippen molar-refractivity contribution in [2.75, 3.05) is 0 Å². The fourth-order valence-corrected chi connectivity index (χ4v) is 4.10. The average Bonchev–Trinajstić information content (AvgIpc) is 2.49. The average molecular weight is 254 g/mol. The fourth-order valence-electron chi connectivity index (χ4n) is 2.21. The van der Waals surface area contributed by atoms with Crippen LogP contribution in [0, 0.1) is 0 Å². The van der Waals surface area contributed by atoms with Crippen molar-refractivity contribution in [2.45, 2.75) is 36.3 Å². The first kappa shape index (κ1) is 12.1. The number of benzene rings is 1. The number of aliphatic carboxylic acids is 1. The van der Waals surface area contributed by atoms with Crippen LogP contribution in [0.5, 0.6) is 0 Å². The van der Waals surface area contributed by atoms with Gasteiger partial charge in [-0.3, -0.25) is 4.79 Å². The van der Waals surface area contributed by atoms with Crippen molar-refractivity contribution in [1.29, 1.82) is 0 Å². The molecule has 0 fully saturated rings. The zero-order valence-corrected chi connectivity index (χ0v) is 10.5. The molecule has 2 unspecified atom stereocenters. The van der Waals surface area contributed by atoms with E-state index >= 15 is 0 Å². The van der Waals surface area contributed by atoms with Crippen LogP contribution in [0.4, 0.5) is 0 Å². The molecule has 0 aromatic heterocycles. The molecule has 0 bridgehead atoms. The Balaban J connectivity index is 2.68. The molecule has 1 aromatic rings. The summed E-state index contributed by atoms with van der Waals surface area (Å²) in [6.07, 6.45) is 0.470. The van der Waals surface area contributed by atoms with Crippen LogP contribution in [0.25, 0.3) is 0 Å². The summed E-state index contributed by atoms with van der Waals surface area (Å²) < 4.78 is 24.3. The van der Waals surface area contributed by atoms with Gasteiger partial charge in [-0.1, -0.05) is 18.2 Å². The standard InChI is InChI=1S/C12H14O4S/c1-7-6-9-4-3-5-10(8(2)12(13)14)11(9)17(7,15)16/h3-5,7-8H,6H2,1-2H3,(H,13,14). The summed E-state index contributed by atoms with van der Waals surface area (Å²) in [5.74, 6) is -1.81. The van der Waals surface area contributed by atoms with Crippen LogP contribution in [0.1, 0.15) is 30.9 Å². The van der Waals surface area contributed by atoms with Crippen LogP contribution in [0.15, 0.2) is 23.1 Å². The van der Waals surface area contributed by atoms with E-state index in [2.05, 4.69) is 0 Å². The van der Waals surface area contributed by atoms with Crippen molar-refractivity contribution in [3.05, 3.63) is 29.3 Å². The summed E-state index contributed by atoms with van der Waals surface area (Å²) in [6.45, 7) is 3.17. The van der Waals surface area contributed by atoms with E-state index in [0.717, 1.165) is 5.56 Å². The number of fused-ring (bicyclic) bond motifs is 1. The second kappa shape index (κ2) is 3.84. The summed E-state index contributed by atoms with van der Waals surface area (Å²) in [5, 5.41) is 8.55. The lowest BCUT2D eigenvalue weighted by Gasteiger charge is -2.12. The highest BCUT2D eigenvalue weighted by molar-refractivity contribution is 7.92. The molecule has 1 aliphatic rings. The van der Waals surface area contributed by atoms with E-state index in [4.69, 9.17) is 5.11 Å². The fraction of sp³-hybridized carbons (Fsp3) is 0.417. The molecule has 0 aliphatic carbocycles. The molecule has 92 valence electrons. The number of carboxylic acid groups (broad SMARTS) is 1. The molecule has 0 amide bonds. The second-order valence-corrected chi connectivity index (χ2v) is 6.76. The Labute approximate surface area is 100 Å². The number of hydrogen-bond acceptors (Lipinski definition) is 3. The van der Waals surface area contributed by atoms with Gasteiger partial charge in [0.25, 0.3) is 0 Å². The maximum Gasteiger partial charge on any atom is 0.310 e. The topological polar surface area (TPSA) is 71.4 Å². The molecule has 2 rings (SSSR count). The Morgan fingerprint density at radius 2 is 2.12 bits per heavy atom. The Kier molecular flexibility index (Phi) is 2.73. The smallest absolute Gasteiger partial charge is 0.310 e. The third kappa shape index (κ3) is 1.74. The molecule has 1 heterocycles. The first-order valence-electron chi connectivity index (χ1n) is 5.44. The van der Waals surface area contributed by atoms with Crippen molar-refractivity contribution < 1.29 is 18.3 Å². The van der Waals surface area contributed by atoms with Crippen molar-refractivity contribution >= 4 is 15.8 Å². The van der Waals surface area contributed by atoms with Crippen LogP contribution in [-0.4, -0.2) is 24.7 Å². The molecule has 0 spiro atoms. The van der Waals surface area contributed by atoms with E-state index in [-0.39, 0.29) is 4.90 Å². The zero-order chi connectivity index (χ0) is 12.8. The van der Waals surface area contributed by atoms with Gasteiger partial charge < -0.3 is 5.11 Å². The molecule has 5 heteroatoms. The minimum Gasteiger partial charge on any atom is -0.481 e. The van der Waals surface area contributed by atoms with Gasteiger partial charge in [0, 0.05) is 0 Å². The van der Waals surface area contributed by atoms with Crippen LogP contribution in [0.2, 0.25) is 0 Å². The molecule has 0 saturated heterocycles. The lowest BCUT2D eigenvalue weighted by Crippen LogP contribution is -2.15. The minimum absolute atomic E-state index is 0.238. The van der Waals surface area contributed by atoms with Crippen LogP contribution < -0.4 is 0 Å². The first-order valence-corrected chi connectivity index (χ1v) is 6.99. The predicted molar refractivity (Wildman–Crippen MR) is 62.8 cm³/mol. The Bertz CT molecular complexity index is 574. The highest BCUT2D eigenvalue weighted by Crippen LogP contribution is 2.36. The first-order chi connectivity index (χ1) is 7.85. The lowest BCUT2D eigenvalue weighted by atomic mass is 9.98. The summed E-state index contributed by atoms with van der Waals surface area (Å²) in [5.41, 5.74) is 1.14. The van der Waals surface area contributed by atoms with Gasteiger partial charge in [0.2, 0.25) is 0 Å². The molecular formula is C12H14O4S. The SMILES string of the molecule is CC(C(=O)O)c1cccc2c1S(=O)(=O)C(C)C2. The van der Waals surface area contributed by atoms with Crippen LogP contribution in [0.3, 0.4) is 0 Å². The van der Waals surface area contributed by atoms with E-state index in [1.807, 2.05) is 0 Å².